The summed E-state index contributed by atoms with van der Waals surface area (Å²) in [6, 6.07) is 9.73. The van der Waals surface area contributed by atoms with Gasteiger partial charge < -0.3 is 10.4 Å². The molecule has 1 saturated heterocycles. The molecule has 4 nitrogen and oxygen atoms in total. The number of fused-ring (bicyclic) bond motifs is 1. The molecule has 0 saturated carbocycles. The van der Waals surface area contributed by atoms with E-state index in [1.165, 1.54) is 0 Å². The molecule has 0 amide bonds. The molecule has 1 unspecified atom stereocenters. The molecule has 5 heteroatoms. The number of aromatic carboxylic acids is 1. The molecular weight excluding hydrogens is 260 g/mol. The monoisotopic (exact) mass is 274 g/mol. The van der Waals surface area contributed by atoms with Gasteiger partial charge in [0.15, 0.2) is 5.69 Å². The molecule has 19 heavy (non-hydrogen) atoms. The van der Waals surface area contributed by atoms with Crippen LogP contribution in [0.1, 0.15) is 16.9 Å². The number of thioether (sulfide) groups is 1. The third-order valence-electron chi connectivity index (χ3n) is 3.23. The summed E-state index contributed by atoms with van der Waals surface area (Å²) in [5.41, 5.74) is 0.0897. The molecule has 2 heterocycles. The number of carbonyl (C=O) groups is 1. The van der Waals surface area contributed by atoms with Crippen LogP contribution in [-0.2, 0) is 0 Å². The van der Waals surface area contributed by atoms with E-state index < -0.39 is 5.97 Å². The third kappa shape index (κ3) is 2.51. The molecule has 98 valence electrons. The lowest BCUT2D eigenvalue weighted by molar-refractivity contribution is 0.0691. The number of carboxylic acid groups (broad SMARTS) is 1. The summed E-state index contributed by atoms with van der Waals surface area (Å²) < 4.78 is 0. The number of nitrogens with one attached hydrogen (secondary N) is 1. The van der Waals surface area contributed by atoms with Gasteiger partial charge in [-0.1, -0.05) is 24.3 Å². The van der Waals surface area contributed by atoms with Crippen LogP contribution in [0.5, 0.6) is 0 Å². The summed E-state index contributed by atoms with van der Waals surface area (Å²) in [6.07, 6.45) is 1.10. The van der Waals surface area contributed by atoms with Gasteiger partial charge in [-0.2, -0.15) is 11.8 Å². The van der Waals surface area contributed by atoms with Gasteiger partial charge in [0, 0.05) is 17.2 Å². The van der Waals surface area contributed by atoms with Crippen LogP contribution in [0.2, 0.25) is 0 Å². The zero-order valence-corrected chi connectivity index (χ0v) is 11.1. The minimum atomic E-state index is -0.991. The lowest BCUT2D eigenvalue weighted by atomic mass is 10.1. The van der Waals surface area contributed by atoms with Crippen molar-refractivity contribution in [3.63, 3.8) is 0 Å². The Labute approximate surface area is 115 Å². The van der Waals surface area contributed by atoms with Gasteiger partial charge in [-0.15, -0.1) is 0 Å². The molecule has 1 fully saturated rings. The number of anilines is 1. The second kappa shape index (κ2) is 5.09. The van der Waals surface area contributed by atoms with E-state index in [9.17, 15) is 4.79 Å². The quantitative estimate of drug-likeness (QED) is 0.901. The first-order chi connectivity index (χ1) is 9.24. The van der Waals surface area contributed by atoms with Gasteiger partial charge in [0.25, 0.3) is 0 Å². The van der Waals surface area contributed by atoms with Crippen LogP contribution in [0.25, 0.3) is 10.8 Å². The van der Waals surface area contributed by atoms with Crippen LogP contribution in [0.3, 0.4) is 0 Å². The first-order valence-electron chi connectivity index (χ1n) is 6.21. The molecule has 2 N–H and O–H groups in total. The summed E-state index contributed by atoms with van der Waals surface area (Å²) in [6.45, 7) is 0. The molecule has 0 bridgehead atoms. The number of nitrogens with zero attached hydrogens (tertiary/aromatic N) is 1. The Morgan fingerprint density at radius 3 is 3.00 bits per heavy atom. The molecule has 3 rings (SSSR count). The highest BCUT2D eigenvalue weighted by Crippen LogP contribution is 2.26. The van der Waals surface area contributed by atoms with Crippen molar-refractivity contribution in [1.82, 2.24) is 4.98 Å². The van der Waals surface area contributed by atoms with Gasteiger partial charge >= 0.3 is 5.97 Å². The van der Waals surface area contributed by atoms with Crippen molar-refractivity contribution in [3.8, 4) is 0 Å². The molecule has 1 aromatic carbocycles. The van der Waals surface area contributed by atoms with Gasteiger partial charge in [0.2, 0.25) is 0 Å². The van der Waals surface area contributed by atoms with E-state index in [1.54, 1.807) is 6.07 Å². The van der Waals surface area contributed by atoms with Crippen molar-refractivity contribution in [2.24, 2.45) is 0 Å². The second-order valence-electron chi connectivity index (χ2n) is 4.59. The summed E-state index contributed by atoms with van der Waals surface area (Å²) in [5.74, 6) is 1.89. The number of carboxylic acids is 1. The lowest BCUT2D eigenvalue weighted by Crippen LogP contribution is -2.19. The highest BCUT2D eigenvalue weighted by atomic mass is 32.2. The molecule has 1 aliphatic rings. The van der Waals surface area contributed by atoms with Crippen LogP contribution < -0.4 is 5.32 Å². The van der Waals surface area contributed by atoms with Crippen LogP contribution >= 0.6 is 11.8 Å². The molecule has 1 atom stereocenters. The van der Waals surface area contributed by atoms with Crippen molar-refractivity contribution in [2.45, 2.75) is 12.5 Å². The van der Waals surface area contributed by atoms with Gasteiger partial charge in [-0.05, 0) is 23.6 Å². The Kier molecular flexibility index (Phi) is 3.29. The van der Waals surface area contributed by atoms with E-state index in [4.69, 9.17) is 5.11 Å². The number of hydrogen-bond donors (Lipinski definition) is 2. The SMILES string of the molecule is O=C(O)c1cc2ccccc2c(NC2CCSC2)n1. The van der Waals surface area contributed by atoms with Crippen molar-refractivity contribution in [3.05, 3.63) is 36.0 Å². The zero-order chi connectivity index (χ0) is 13.2. The Morgan fingerprint density at radius 1 is 1.42 bits per heavy atom. The molecule has 0 spiro atoms. The summed E-state index contributed by atoms with van der Waals surface area (Å²) in [4.78, 5) is 15.4. The van der Waals surface area contributed by atoms with Crippen LogP contribution in [0, 0.1) is 0 Å². The molecule has 1 aliphatic heterocycles. The van der Waals surface area contributed by atoms with E-state index in [1.807, 2.05) is 36.0 Å². The van der Waals surface area contributed by atoms with E-state index in [-0.39, 0.29) is 5.69 Å². The largest absolute Gasteiger partial charge is 0.477 e. The maximum atomic E-state index is 11.1. The summed E-state index contributed by atoms with van der Waals surface area (Å²) in [7, 11) is 0. The Hall–Kier alpha value is -1.75. The van der Waals surface area contributed by atoms with E-state index in [2.05, 4.69) is 10.3 Å². The fourth-order valence-corrected chi connectivity index (χ4v) is 3.41. The van der Waals surface area contributed by atoms with Crippen LogP contribution in [-0.4, -0.2) is 33.6 Å². The van der Waals surface area contributed by atoms with Crippen molar-refractivity contribution in [2.75, 3.05) is 16.8 Å². The van der Waals surface area contributed by atoms with Gasteiger partial charge in [-0.3, -0.25) is 0 Å². The van der Waals surface area contributed by atoms with Crippen LogP contribution in [0.15, 0.2) is 30.3 Å². The van der Waals surface area contributed by atoms with Gasteiger partial charge in [-0.25, -0.2) is 9.78 Å². The highest BCUT2D eigenvalue weighted by Gasteiger charge is 2.18. The average molecular weight is 274 g/mol. The molecule has 0 radical (unpaired) electrons. The first-order valence-corrected chi connectivity index (χ1v) is 7.37. The standard InChI is InChI=1S/C14H14N2O2S/c17-14(18)12-7-9-3-1-2-4-11(9)13(16-12)15-10-5-6-19-8-10/h1-4,7,10H,5-6,8H2,(H,15,16)(H,17,18). The van der Waals surface area contributed by atoms with Crippen molar-refractivity contribution in [1.29, 1.82) is 0 Å². The maximum Gasteiger partial charge on any atom is 0.354 e. The van der Waals surface area contributed by atoms with Crippen molar-refractivity contribution < 1.29 is 9.90 Å². The topological polar surface area (TPSA) is 62.2 Å². The maximum absolute atomic E-state index is 11.1. The number of aromatic nitrogens is 1. The Morgan fingerprint density at radius 2 is 2.26 bits per heavy atom. The summed E-state index contributed by atoms with van der Waals surface area (Å²) in [5, 5.41) is 14.4. The fourth-order valence-electron chi connectivity index (χ4n) is 2.26. The predicted molar refractivity (Wildman–Crippen MR) is 78.1 cm³/mol. The normalized spacial score (nSPS) is 18.6. The zero-order valence-electron chi connectivity index (χ0n) is 10.3. The highest BCUT2D eigenvalue weighted by molar-refractivity contribution is 7.99. The van der Waals surface area contributed by atoms with Gasteiger partial charge in [0.1, 0.15) is 5.82 Å². The van der Waals surface area contributed by atoms with Crippen LogP contribution in [0.4, 0.5) is 5.82 Å². The Balaban J connectivity index is 2.06. The summed E-state index contributed by atoms with van der Waals surface area (Å²) >= 11 is 1.91. The Bertz CT molecular complexity index is 624. The van der Waals surface area contributed by atoms with E-state index in [0.29, 0.717) is 11.9 Å². The fraction of sp³-hybridized carbons (Fsp3) is 0.286. The van der Waals surface area contributed by atoms with Crippen molar-refractivity contribution >= 4 is 34.3 Å². The third-order valence-corrected chi connectivity index (χ3v) is 4.39. The molecule has 1 aromatic heterocycles. The molecule has 0 aliphatic carbocycles. The average Bonchev–Trinajstić information content (AvgIpc) is 2.91. The van der Waals surface area contributed by atoms with E-state index in [0.717, 1.165) is 28.7 Å². The second-order valence-corrected chi connectivity index (χ2v) is 5.74. The minimum absolute atomic E-state index is 0.0897. The first kappa shape index (κ1) is 12.3. The smallest absolute Gasteiger partial charge is 0.354 e. The van der Waals surface area contributed by atoms with E-state index >= 15 is 0 Å². The number of rotatable bonds is 3. The number of hydrogen-bond acceptors (Lipinski definition) is 4. The molecular formula is C14H14N2O2S. The number of benzene rings is 1. The number of pyridine rings is 1. The lowest BCUT2D eigenvalue weighted by Gasteiger charge is -2.14. The van der Waals surface area contributed by atoms with Gasteiger partial charge in [0.05, 0.1) is 0 Å². The predicted octanol–water partition coefficient (Wildman–Crippen LogP) is 2.85. The minimum Gasteiger partial charge on any atom is -0.477 e. The molecule has 2 aromatic rings.